The summed E-state index contributed by atoms with van der Waals surface area (Å²) in [5, 5.41) is 6.38. The molecule has 7 heteroatoms. The lowest BCUT2D eigenvalue weighted by molar-refractivity contribution is -0.114. The van der Waals surface area contributed by atoms with Gasteiger partial charge in [0, 0.05) is 60.6 Å². The number of pyridine rings is 1. The minimum Gasteiger partial charge on any atom is -0.427 e. The fourth-order valence-corrected chi connectivity index (χ4v) is 4.95. The van der Waals surface area contributed by atoms with Gasteiger partial charge in [-0.05, 0) is 55.8 Å². The van der Waals surface area contributed by atoms with Crippen LogP contribution in [0.2, 0.25) is 0 Å². The molecule has 4 aromatic rings. The number of rotatable bonds is 8. The third-order valence-electron chi connectivity index (χ3n) is 6.82. The van der Waals surface area contributed by atoms with E-state index in [2.05, 4.69) is 46.5 Å². The molecule has 1 atom stereocenters. The van der Waals surface area contributed by atoms with Gasteiger partial charge in [0.2, 0.25) is 11.6 Å². The Bertz CT molecular complexity index is 1460. The van der Waals surface area contributed by atoms with Gasteiger partial charge in [-0.25, -0.2) is 4.79 Å². The van der Waals surface area contributed by atoms with Gasteiger partial charge >= 0.3 is 5.97 Å². The van der Waals surface area contributed by atoms with Crippen LogP contribution in [0.3, 0.4) is 0 Å². The maximum atomic E-state index is 13.1. The molecule has 0 fully saturated rings. The van der Waals surface area contributed by atoms with Crippen molar-refractivity contribution in [1.82, 2.24) is 4.98 Å². The summed E-state index contributed by atoms with van der Waals surface area (Å²) in [7, 11) is 0. The zero-order valence-corrected chi connectivity index (χ0v) is 21.7. The Morgan fingerprint density at radius 1 is 0.921 bits per heavy atom. The smallest absolute Gasteiger partial charge is 0.341 e. The lowest BCUT2D eigenvalue weighted by Gasteiger charge is -2.32. The van der Waals surface area contributed by atoms with Crippen molar-refractivity contribution < 1.29 is 14.3 Å². The number of hydrogen-bond acceptors (Lipinski definition) is 6. The lowest BCUT2D eigenvalue weighted by atomic mass is 9.92. The van der Waals surface area contributed by atoms with Gasteiger partial charge in [0.05, 0.1) is 11.1 Å². The molecular formula is C31H30N4O3. The maximum Gasteiger partial charge on any atom is 0.341 e. The predicted octanol–water partition coefficient (Wildman–Crippen LogP) is 6.04. The van der Waals surface area contributed by atoms with E-state index in [1.807, 2.05) is 60.7 Å². The van der Waals surface area contributed by atoms with E-state index >= 15 is 0 Å². The highest BCUT2D eigenvalue weighted by molar-refractivity contribution is 5.96. The van der Waals surface area contributed by atoms with E-state index < -0.39 is 11.7 Å². The van der Waals surface area contributed by atoms with Crippen LogP contribution in [-0.2, 0) is 15.3 Å². The minimum atomic E-state index is -1.26. The molecule has 1 unspecified atom stereocenters. The molecule has 0 spiro atoms. The Balaban J connectivity index is 1.59. The first kappa shape index (κ1) is 25.0. The number of cyclic esters (lactones) is 1. The molecule has 38 heavy (non-hydrogen) atoms. The highest BCUT2D eigenvalue weighted by Gasteiger charge is 2.48. The number of nitrogens with one attached hydrogen (secondary N) is 2. The van der Waals surface area contributed by atoms with Crippen molar-refractivity contribution in [1.29, 1.82) is 0 Å². The molecule has 0 bridgehead atoms. The number of fused-ring (bicyclic) bond motifs is 1. The summed E-state index contributed by atoms with van der Waals surface area (Å²) >= 11 is 0. The van der Waals surface area contributed by atoms with Crippen LogP contribution in [0, 0.1) is 0 Å². The van der Waals surface area contributed by atoms with Crippen LogP contribution in [-0.4, -0.2) is 29.9 Å². The molecule has 1 aromatic heterocycles. The molecule has 0 radical (unpaired) electrons. The highest BCUT2D eigenvalue weighted by Crippen LogP contribution is 2.44. The van der Waals surface area contributed by atoms with Crippen molar-refractivity contribution in [2.24, 2.45) is 0 Å². The van der Waals surface area contributed by atoms with Gasteiger partial charge < -0.3 is 20.3 Å². The van der Waals surface area contributed by atoms with Crippen LogP contribution in [0.15, 0.2) is 91.3 Å². The van der Waals surface area contributed by atoms with Crippen molar-refractivity contribution in [3.05, 3.63) is 108 Å². The number of aromatic nitrogens is 1. The second kappa shape index (κ2) is 10.4. The summed E-state index contributed by atoms with van der Waals surface area (Å²) in [4.78, 5) is 31.1. The molecule has 192 valence electrons. The van der Waals surface area contributed by atoms with Crippen LogP contribution in [0.5, 0.6) is 0 Å². The van der Waals surface area contributed by atoms with Crippen LogP contribution in [0.25, 0.3) is 11.1 Å². The summed E-state index contributed by atoms with van der Waals surface area (Å²) in [6.45, 7) is 7.53. The van der Waals surface area contributed by atoms with E-state index in [0.717, 1.165) is 46.8 Å². The van der Waals surface area contributed by atoms with Gasteiger partial charge in [-0.3, -0.25) is 9.78 Å². The number of amides is 1. The Kier molecular flexibility index (Phi) is 6.83. The number of esters is 1. The van der Waals surface area contributed by atoms with Crippen LogP contribution in [0.1, 0.15) is 42.3 Å². The summed E-state index contributed by atoms with van der Waals surface area (Å²) in [5.41, 5.74) is 5.18. The van der Waals surface area contributed by atoms with Crippen LogP contribution < -0.4 is 15.5 Å². The average Bonchev–Trinajstić information content (AvgIpc) is 3.22. The van der Waals surface area contributed by atoms with Gasteiger partial charge in [-0.2, -0.15) is 0 Å². The number of para-hydroxylation sites is 1. The molecule has 0 saturated carbocycles. The van der Waals surface area contributed by atoms with E-state index in [1.165, 1.54) is 6.92 Å². The fourth-order valence-electron chi connectivity index (χ4n) is 4.95. The molecule has 1 amide bonds. The molecule has 0 aliphatic carbocycles. The normalized spacial score (nSPS) is 15.9. The Labute approximate surface area is 222 Å². The van der Waals surface area contributed by atoms with E-state index in [-0.39, 0.29) is 5.91 Å². The largest absolute Gasteiger partial charge is 0.427 e. The standard InChI is InChI=1S/C31H30N4O3/c1-4-35(5-2)25-16-12-23(13-17-25)31(28-20-32-19-18-27(28)30(37)38-31)34-29-9-7-6-8-26(29)22-10-14-24(15-11-22)33-21(3)36/h6-20,34H,4-5H2,1-3H3,(H,33,36). The Morgan fingerprint density at radius 3 is 2.32 bits per heavy atom. The molecule has 7 nitrogen and oxygen atoms in total. The molecule has 1 aliphatic rings. The number of nitrogens with zero attached hydrogens (tertiary/aromatic N) is 2. The second-order valence-corrected chi connectivity index (χ2v) is 9.14. The predicted molar refractivity (Wildman–Crippen MR) is 150 cm³/mol. The number of carbonyl (C=O) groups excluding carboxylic acids is 2. The van der Waals surface area contributed by atoms with E-state index in [4.69, 9.17) is 4.74 Å². The third-order valence-corrected chi connectivity index (χ3v) is 6.82. The van der Waals surface area contributed by atoms with Gasteiger partial charge in [-0.15, -0.1) is 0 Å². The van der Waals surface area contributed by atoms with Gasteiger partial charge in [0.25, 0.3) is 0 Å². The van der Waals surface area contributed by atoms with Gasteiger partial charge in [0.1, 0.15) is 0 Å². The van der Waals surface area contributed by atoms with E-state index in [0.29, 0.717) is 11.1 Å². The van der Waals surface area contributed by atoms with Crippen molar-refractivity contribution in [2.45, 2.75) is 26.5 Å². The zero-order valence-electron chi connectivity index (χ0n) is 21.7. The van der Waals surface area contributed by atoms with Crippen molar-refractivity contribution in [2.75, 3.05) is 28.6 Å². The molecule has 2 N–H and O–H groups in total. The SMILES string of the molecule is CCN(CC)c1ccc(C2(Nc3ccccc3-c3ccc(NC(C)=O)cc3)OC(=O)c3ccncc32)cc1. The van der Waals surface area contributed by atoms with Crippen molar-refractivity contribution in [3.8, 4) is 11.1 Å². The Morgan fingerprint density at radius 2 is 1.63 bits per heavy atom. The monoisotopic (exact) mass is 506 g/mol. The molecule has 2 heterocycles. The summed E-state index contributed by atoms with van der Waals surface area (Å²) in [5.74, 6) is -0.524. The fraction of sp³-hybridized carbons (Fsp3) is 0.194. The van der Waals surface area contributed by atoms with E-state index in [9.17, 15) is 9.59 Å². The Hall–Kier alpha value is -4.65. The summed E-state index contributed by atoms with van der Waals surface area (Å²) in [6, 6.07) is 25.3. The van der Waals surface area contributed by atoms with Crippen LogP contribution in [0.4, 0.5) is 17.1 Å². The van der Waals surface area contributed by atoms with Gasteiger partial charge in [-0.1, -0.05) is 42.5 Å². The summed E-state index contributed by atoms with van der Waals surface area (Å²) < 4.78 is 6.17. The van der Waals surface area contributed by atoms with Crippen LogP contribution >= 0.6 is 0 Å². The average molecular weight is 507 g/mol. The number of benzene rings is 3. The molecular weight excluding hydrogens is 476 g/mol. The molecule has 5 rings (SSSR count). The quantitative estimate of drug-likeness (QED) is 0.284. The number of ether oxygens (including phenoxy) is 1. The third kappa shape index (κ3) is 4.59. The number of carbonyl (C=O) groups is 2. The molecule has 1 aliphatic heterocycles. The first-order chi connectivity index (χ1) is 18.4. The first-order valence-corrected chi connectivity index (χ1v) is 12.7. The number of hydrogen-bond donors (Lipinski definition) is 2. The topological polar surface area (TPSA) is 83.6 Å². The van der Waals surface area contributed by atoms with E-state index in [1.54, 1.807) is 18.5 Å². The lowest BCUT2D eigenvalue weighted by Crippen LogP contribution is -2.37. The second-order valence-electron chi connectivity index (χ2n) is 9.14. The maximum absolute atomic E-state index is 13.1. The van der Waals surface area contributed by atoms with Gasteiger partial charge in [0.15, 0.2) is 0 Å². The van der Waals surface area contributed by atoms with Crippen molar-refractivity contribution in [3.63, 3.8) is 0 Å². The highest BCUT2D eigenvalue weighted by atomic mass is 16.6. The van der Waals surface area contributed by atoms with Crippen molar-refractivity contribution >= 4 is 28.9 Å². The molecule has 3 aromatic carbocycles. The summed E-state index contributed by atoms with van der Waals surface area (Å²) in [6.07, 6.45) is 3.29. The zero-order chi connectivity index (χ0) is 26.7. The number of anilines is 3. The minimum absolute atomic E-state index is 0.121. The molecule has 0 saturated heterocycles. The first-order valence-electron chi connectivity index (χ1n) is 12.7.